The van der Waals surface area contributed by atoms with E-state index in [2.05, 4.69) is 21.0 Å². The highest BCUT2D eigenvalue weighted by atomic mass is 16.5. The van der Waals surface area contributed by atoms with Crippen molar-refractivity contribution in [1.82, 2.24) is 19.2 Å². The van der Waals surface area contributed by atoms with E-state index in [1.54, 1.807) is 31.9 Å². The molecule has 1 N–H and O–H groups in total. The lowest BCUT2D eigenvalue weighted by atomic mass is 10.2. The highest BCUT2D eigenvalue weighted by molar-refractivity contribution is 5.81. The number of benzene rings is 2. The number of hydrogen-bond donors (Lipinski definition) is 1. The summed E-state index contributed by atoms with van der Waals surface area (Å²) in [6.07, 6.45) is 0. The summed E-state index contributed by atoms with van der Waals surface area (Å²) >= 11 is 0. The number of piperazine rings is 1. The number of methoxy groups -OCH3 is 2. The first-order valence-electron chi connectivity index (χ1n) is 11.6. The first kappa shape index (κ1) is 22.8. The van der Waals surface area contributed by atoms with Gasteiger partial charge in [0, 0.05) is 63.3 Å². The van der Waals surface area contributed by atoms with Crippen LogP contribution in [-0.4, -0.2) is 59.6 Å². The van der Waals surface area contributed by atoms with Crippen LogP contribution in [0.25, 0.3) is 16.6 Å². The van der Waals surface area contributed by atoms with Gasteiger partial charge in [-0.15, -0.1) is 0 Å². The highest BCUT2D eigenvalue weighted by Gasteiger charge is 2.23. The van der Waals surface area contributed by atoms with E-state index in [-0.39, 0.29) is 11.1 Å². The van der Waals surface area contributed by atoms with Crippen molar-refractivity contribution in [3.05, 3.63) is 81.0 Å². The van der Waals surface area contributed by atoms with E-state index >= 15 is 0 Å². The number of nitrogens with zero attached hydrogens (tertiary/aromatic N) is 4. The summed E-state index contributed by atoms with van der Waals surface area (Å²) < 4.78 is 13.8. The summed E-state index contributed by atoms with van der Waals surface area (Å²) in [5.74, 6) is 1.41. The van der Waals surface area contributed by atoms with Gasteiger partial charge in [0.1, 0.15) is 17.2 Å². The molecule has 1 aliphatic rings. The molecule has 0 spiro atoms. The number of fused-ring (bicyclic) bond motifs is 1. The third-order valence-corrected chi connectivity index (χ3v) is 6.70. The lowest BCUT2D eigenvalue weighted by molar-refractivity contribution is 0.245. The molecule has 182 valence electrons. The van der Waals surface area contributed by atoms with Crippen molar-refractivity contribution >= 4 is 16.6 Å². The number of H-pyrrole nitrogens is 1. The van der Waals surface area contributed by atoms with Gasteiger partial charge in [0.05, 0.1) is 25.1 Å². The first-order valence-corrected chi connectivity index (χ1v) is 11.6. The molecule has 4 aromatic rings. The second kappa shape index (κ2) is 9.34. The molecule has 5 rings (SSSR count). The summed E-state index contributed by atoms with van der Waals surface area (Å²) in [6, 6.07) is 16.8. The van der Waals surface area contributed by atoms with Crippen LogP contribution in [-0.2, 0) is 13.6 Å². The average molecular weight is 476 g/mol. The number of ether oxygens (including phenoxy) is 2. The van der Waals surface area contributed by atoms with Crippen molar-refractivity contribution in [2.45, 2.75) is 6.54 Å². The van der Waals surface area contributed by atoms with Gasteiger partial charge in [0.15, 0.2) is 0 Å². The first-order chi connectivity index (χ1) is 17.0. The molecule has 0 amide bonds. The fraction of sp³-hybridized carbons (Fsp3) is 0.308. The zero-order valence-electron chi connectivity index (χ0n) is 20.2. The van der Waals surface area contributed by atoms with Crippen LogP contribution in [0.15, 0.2) is 64.2 Å². The van der Waals surface area contributed by atoms with Gasteiger partial charge in [0.25, 0.3) is 11.1 Å². The highest BCUT2D eigenvalue weighted by Crippen LogP contribution is 2.24. The van der Waals surface area contributed by atoms with Crippen LogP contribution in [0.2, 0.25) is 0 Å². The number of para-hydroxylation sites is 2. The van der Waals surface area contributed by atoms with E-state index in [1.165, 1.54) is 10.7 Å². The van der Waals surface area contributed by atoms with Gasteiger partial charge in [-0.2, -0.15) is 0 Å². The average Bonchev–Trinajstić information content (AvgIpc) is 3.22. The van der Waals surface area contributed by atoms with Crippen LogP contribution in [0.5, 0.6) is 11.5 Å². The van der Waals surface area contributed by atoms with Gasteiger partial charge in [0.2, 0.25) is 0 Å². The summed E-state index contributed by atoms with van der Waals surface area (Å²) in [7, 11) is 4.97. The standard InChI is InChI=1S/C26H29N5O4/c1-28-22(17-29-11-13-30(14-12-29)18-7-6-8-19(15-18)34-2)25-20(16-24(28)32)27-31(26(25)33)21-9-4-5-10-23(21)35-3/h4-10,15-16,27H,11-14,17H2,1-3H3. The van der Waals surface area contributed by atoms with Crippen LogP contribution >= 0.6 is 0 Å². The summed E-state index contributed by atoms with van der Waals surface area (Å²) in [5.41, 5.74) is 2.60. The summed E-state index contributed by atoms with van der Waals surface area (Å²) in [5, 5.41) is 3.63. The third kappa shape index (κ3) is 4.19. The molecule has 0 unspecified atom stereocenters. The Hall–Kier alpha value is -3.98. The Morgan fingerprint density at radius 1 is 0.914 bits per heavy atom. The molecular formula is C26H29N5O4. The maximum atomic E-state index is 13.5. The molecule has 0 atom stereocenters. The lowest BCUT2D eigenvalue weighted by Gasteiger charge is -2.36. The smallest absolute Gasteiger partial charge is 0.281 e. The molecule has 1 saturated heterocycles. The molecule has 0 saturated carbocycles. The zero-order valence-corrected chi connectivity index (χ0v) is 20.2. The van der Waals surface area contributed by atoms with Crippen molar-refractivity contribution in [1.29, 1.82) is 0 Å². The van der Waals surface area contributed by atoms with Crippen LogP contribution < -0.4 is 25.5 Å². The Bertz CT molecular complexity index is 1480. The minimum absolute atomic E-state index is 0.157. The van der Waals surface area contributed by atoms with E-state index in [4.69, 9.17) is 9.47 Å². The normalized spacial score (nSPS) is 14.4. The van der Waals surface area contributed by atoms with Gasteiger partial charge in [-0.1, -0.05) is 18.2 Å². The molecule has 0 radical (unpaired) electrons. The molecule has 0 aliphatic carbocycles. The summed E-state index contributed by atoms with van der Waals surface area (Å²) in [4.78, 5) is 30.9. The fourth-order valence-electron chi connectivity index (χ4n) is 4.71. The van der Waals surface area contributed by atoms with Gasteiger partial charge >= 0.3 is 0 Å². The molecular weight excluding hydrogens is 446 g/mol. The van der Waals surface area contributed by atoms with Crippen molar-refractivity contribution in [2.75, 3.05) is 45.3 Å². The fourth-order valence-corrected chi connectivity index (χ4v) is 4.71. The molecule has 3 heterocycles. The number of anilines is 1. The molecule has 2 aromatic heterocycles. The van der Waals surface area contributed by atoms with Gasteiger partial charge in [-0.05, 0) is 24.3 Å². The van der Waals surface area contributed by atoms with E-state index in [9.17, 15) is 9.59 Å². The van der Waals surface area contributed by atoms with Crippen molar-refractivity contribution < 1.29 is 9.47 Å². The molecule has 9 heteroatoms. The van der Waals surface area contributed by atoms with E-state index in [0.29, 0.717) is 34.6 Å². The van der Waals surface area contributed by atoms with Gasteiger partial charge < -0.3 is 18.9 Å². The minimum atomic E-state index is -0.204. The maximum Gasteiger partial charge on any atom is 0.281 e. The second-order valence-electron chi connectivity index (χ2n) is 8.67. The Balaban J connectivity index is 1.45. The molecule has 0 bridgehead atoms. The van der Waals surface area contributed by atoms with Crippen LogP contribution in [0.1, 0.15) is 5.69 Å². The zero-order chi connectivity index (χ0) is 24.5. The monoisotopic (exact) mass is 475 g/mol. The topological polar surface area (TPSA) is 84.7 Å². The second-order valence-corrected chi connectivity index (χ2v) is 8.67. The maximum absolute atomic E-state index is 13.5. The molecule has 35 heavy (non-hydrogen) atoms. The Morgan fingerprint density at radius 3 is 2.43 bits per heavy atom. The predicted octanol–water partition coefficient (Wildman–Crippen LogP) is 2.36. The number of pyridine rings is 1. The number of aromatic amines is 1. The van der Waals surface area contributed by atoms with Crippen molar-refractivity contribution in [3.8, 4) is 17.2 Å². The van der Waals surface area contributed by atoms with Gasteiger partial charge in [-0.3, -0.25) is 19.6 Å². The lowest BCUT2D eigenvalue weighted by Crippen LogP contribution is -2.46. The summed E-state index contributed by atoms with van der Waals surface area (Å²) in [6.45, 7) is 3.82. The van der Waals surface area contributed by atoms with Crippen molar-refractivity contribution in [3.63, 3.8) is 0 Å². The minimum Gasteiger partial charge on any atom is -0.497 e. The van der Waals surface area contributed by atoms with Crippen molar-refractivity contribution in [2.24, 2.45) is 7.05 Å². The number of aromatic nitrogens is 3. The number of nitrogens with one attached hydrogen (secondary N) is 1. The number of rotatable bonds is 6. The molecule has 9 nitrogen and oxygen atoms in total. The van der Waals surface area contributed by atoms with E-state index < -0.39 is 0 Å². The van der Waals surface area contributed by atoms with E-state index in [0.717, 1.165) is 37.6 Å². The van der Waals surface area contributed by atoms with Gasteiger partial charge in [-0.25, -0.2) is 4.68 Å². The van der Waals surface area contributed by atoms with Crippen LogP contribution in [0, 0.1) is 0 Å². The van der Waals surface area contributed by atoms with Crippen LogP contribution in [0.4, 0.5) is 5.69 Å². The molecule has 1 aliphatic heterocycles. The quantitative estimate of drug-likeness (QED) is 0.461. The SMILES string of the molecule is COc1cccc(N2CCN(Cc3c4c(=O)n(-c5ccccc5OC)[nH]c4cc(=O)n3C)CC2)c1. The van der Waals surface area contributed by atoms with Crippen LogP contribution in [0.3, 0.4) is 0 Å². The Kier molecular flexibility index (Phi) is 6.08. The molecule has 1 fully saturated rings. The Labute approximate surface area is 202 Å². The molecule has 2 aromatic carbocycles. The predicted molar refractivity (Wildman–Crippen MR) is 136 cm³/mol. The third-order valence-electron chi connectivity index (χ3n) is 6.70. The van der Waals surface area contributed by atoms with E-state index in [1.807, 2.05) is 36.4 Å². The largest absolute Gasteiger partial charge is 0.497 e. The number of hydrogen-bond acceptors (Lipinski definition) is 6. The Morgan fingerprint density at radius 2 is 1.69 bits per heavy atom.